The van der Waals surface area contributed by atoms with Crippen LogP contribution in [0.15, 0.2) is 58.3 Å². The van der Waals surface area contributed by atoms with Crippen LogP contribution in [-0.4, -0.2) is 25.9 Å². The van der Waals surface area contributed by atoms with Gasteiger partial charge in [-0.2, -0.15) is 0 Å². The van der Waals surface area contributed by atoms with Gasteiger partial charge in [0, 0.05) is 22.6 Å². The zero-order valence-corrected chi connectivity index (χ0v) is 15.5. The maximum Gasteiger partial charge on any atom is 0.257 e. The first kappa shape index (κ1) is 20.1. The summed E-state index contributed by atoms with van der Waals surface area (Å²) < 4.78 is 37.1. The molecule has 0 saturated carbocycles. The molecule has 0 heterocycles. The van der Waals surface area contributed by atoms with Crippen molar-refractivity contribution in [3.8, 4) is 0 Å². The molecule has 0 spiro atoms. The molecule has 26 heavy (non-hydrogen) atoms. The fourth-order valence-electron chi connectivity index (χ4n) is 1.92. The lowest BCUT2D eigenvalue weighted by atomic mass is 10.2. The molecule has 0 aliphatic rings. The Bertz CT molecular complexity index is 899. The number of halogens is 1. The zero-order valence-electron chi connectivity index (χ0n) is 13.9. The van der Waals surface area contributed by atoms with E-state index in [9.17, 15) is 22.4 Å². The van der Waals surface area contributed by atoms with E-state index in [1.165, 1.54) is 55.1 Å². The number of benzene rings is 2. The molecule has 6 nitrogen and oxygen atoms in total. The van der Waals surface area contributed by atoms with Crippen LogP contribution < -0.4 is 10.3 Å². The second kappa shape index (κ2) is 8.93. The quantitative estimate of drug-likeness (QED) is 0.406. The van der Waals surface area contributed by atoms with Crippen molar-refractivity contribution < 1.29 is 22.4 Å². The number of hydrogen-bond acceptors (Lipinski definition) is 5. The van der Waals surface area contributed by atoms with Crippen molar-refractivity contribution in [3.05, 3.63) is 59.9 Å². The van der Waals surface area contributed by atoms with Gasteiger partial charge < -0.3 is 0 Å². The molecule has 2 aromatic rings. The van der Waals surface area contributed by atoms with Crippen LogP contribution in [0.3, 0.4) is 0 Å². The molecule has 0 unspecified atom stereocenters. The average Bonchev–Trinajstić information content (AvgIpc) is 2.62. The standard InChI is InChI=1S/C17H17FN2O4S2/c1-12(21)13-3-2-4-16(11-13)26(23,24)20-19-17(22)9-10-25-15-7-5-14(18)6-8-15/h2-8,11,20H,9-10H2,1H3,(H,19,22). The summed E-state index contributed by atoms with van der Waals surface area (Å²) in [5.74, 6) is -0.705. The lowest BCUT2D eigenvalue weighted by Crippen LogP contribution is -2.41. The highest BCUT2D eigenvalue weighted by molar-refractivity contribution is 7.99. The molecule has 0 atom stereocenters. The third-order valence-corrected chi connectivity index (χ3v) is 5.55. The van der Waals surface area contributed by atoms with Crippen molar-refractivity contribution in [2.45, 2.75) is 23.1 Å². The Labute approximate surface area is 155 Å². The molecule has 138 valence electrons. The van der Waals surface area contributed by atoms with Crippen molar-refractivity contribution >= 4 is 33.5 Å². The fourth-order valence-corrected chi connectivity index (χ4v) is 3.68. The summed E-state index contributed by atoms with van der Waals surface area (Å²) in [7, 11) is -3.98. The first-order chi connectivity index (χ1) is 12.3. The zero-order chi connectivity index (χ0) is 19.2. The summed E-state index contributed by atoms with van der Waals surface area (Å²) in [5, 5.41) is 0. The summed E-state index contributed by atoms with van der Waals surface area (Å²) in [4.78, 5) is 25.8. The minimum absolute atomic E-state index is 0.0675. The van der Waals surface area contributed by atoms with Gasteiger partial charge in [0.1, 0.15) is 5.82 Å². The first-order valence-electron chi connectivity index (χ1n) is 7.58. The SMILES string of the molecule is CC(=O)c1cccc(S(=O)(=O)NNC(=O)CCSc2ccc(F)cc2)c1. The van der Waals surface area contributed by atoms with E-state index in [0.29, 0.717) is 5.75 Å². The highest BCUT2D eigenvalue weighted by Gasteiger charge is 2.16. The number of amides is 1. The van der Waals surface area contributed by atoms with Crippen LogP contribution >= 0.6 is 11.8 Å². The lowest BCUT2D eigenvalue weighted by Gasteiger charge is -2.09. The monoisotopic (exact) mass is 396 g/mol. The van der Waals surface area contributed by atoms with E-state index >= 15 is 0 Å². The third-order valence-electron chi connectivity index (χ3n) is 3.29. The molecule has 9 heteroatoms. The van der Waals surface area contributed by atoms with E-state index in [1.807, 2.05) is 4.83 Å². The summed E-state index contributed by atoms with van der Waals surface area (Å²) >= 11 is 1.35. The van der Waals surface area contributed by atoms with Crippen LogP contribution in [-0.2, 0) is 14.8 Å². The van der Waals surface area contributed by atoms with E-state index in [-0.39, 0.29) is 28.5 Å². The van der Waals surface area contributed by atoms with E-state index < -0.39 is 15.9 Å². The molecule has 2 aromatic carbocycles. The van der Waals surface area contributed by atoms with Crippen molar-refractivity contribution in [2.75, 3.05) is 5.75 Å². The average molecular weight is 396 g/mol. The maximum absolute atomic E-state index is 12.8. The summed E-state index contributed by atoms with van der Waals surface area (Å²) in [6.07, 6.45) is 0.0675. The molecule has 1 amide bonds. The van der Waals surface area contributed by atoms with Crippen LogP contribution in [0.1, 0.15) is 23.7 Å². The number of rotatable bonds is 8. The molecular weight excluding hydrogens is 379 g/mol. The fraction of sp³-hybridized carbons (Fsp3) is 0.176. The lowest BCUT2D eigenvalue weighted by molar-refractivity contribution is -0.121. The second-order valence-corrected chi connectivity index (χ2v) is 8.14. The Morgan fingerprint density at radius 1 is 1.12 bits per heavy atom. The van der Waals surface area contributed by atoms with Crippen LogP contribution in [0, 0.1) is 5.82 Å². The van der Waals surface area contributed by atoms with E-state index in [1.54, 1.807) is 12.1 Å². The highest BCUT2D eigenvalue weighted by Crippen LogP contribution is 2.18. The van der Waals surface area contributed by atoms with Gasteiger partial charge in [0.15, 0.2) is 5.78 Å². The number of carbonyl (C=O) groups excluding carboxylic acids is 2. The van der Waals surface area contributed by atoms with E-state index in [0.717, 1.165) is 4.90 Å². The Hall–Kier alpha value is -2.23. The molecule has 0 saturated heterocycles. The molecule has 0 aliphatic heterocycles. The number of sulfonamides is 1. The van der Waals surface area contributed by atoms with Crippen molar-refractivity contribution in [3.63, 3.8) is 0 Å². The molecule has 0 radical (unpaired) electrons. The molecule has 2 N–H and O–H groups in total. The Morgan fingerprint density at radius 3 is 2.46 bits per heavy atom. The van der Waals surface area contributed by atoms with E-state index in [4.69, 9.17) is 0 Å². The van der Waals surface area contributed by atoms with Gasteiger partial charge in [-0.15, -0.1) is 16.6 Å². The molecule has 2 rings (SSSR count). The molecular formula is C17H17FN2O4S2. The summed E-state index contributed by atoms with van der Waals surface area (Å²) in [6, 6.07) is 11.4. The third kappa shape index (κ3) is 5.94. The summed E-state index contributed by atoms with van der Waals surface area (Å²) in [6.45, 7) is 1.33. The molecule has 0 aliphatic carbocycles. The van der Waals surface area contributed by atoms with Crippen LogP contribution in [0.25, 0.3) is 0 Å². The van der Waals surface area contributed by atoms with Gasteiger partial charge in [-0.25, -0.2) is 12.8 Å². The van der Waals surface area contributed by atoms with Crippen LogP contribution in [0.5, 0.6) is 0 Å². The Balaban J connectivity index is 1.84. The van der Waals surface area contributed by atoms with Gasteiger partial charge in [0.25, 0.3) is 10.0 Å². The van der Waals surface area contributed by atoms with Crippen LogP contribution in [0.4, 0.5) is 4.39 Å². The molecule has 0 aromatic heterocycles. The van der Waals surface area contributed by atoms with Crippen molar-refractivity contribution in [1.82, 2.24) is 10.3 Å². The molecule has 0 fully saturated rings. The minimum atomic E-state index is -3.98. The van der Waals surface area contributed by atoms with Crippen LogP contribution in [0.2, 0.25) is 0 Å². The van der Waals surface area contributed by atoms with Gasteiger partial charge >= 0.3 is 0 Å². The minimum Gasteiger partial charge on any atom is -0.295 e. The van der Waals surface area contributed by atoms with Crippen molar-refractivity contribution in [1.29, 1.82) is 0 Å². The number of ketones is 1. The number of hydrogen-bond donors (Lipinski definition) is 2. The smallest absolute Gasteiger partial charge is 0.257 e. The predicted octanol–water partition coefficient (Wildman–Crippen LogP) is 2.52. The first-order valence-corrected chi connectivity index (χ1v) is 10.0. The summed E-state index contributed by atoms with van der Waals surface area (Å²) in [5.41, 5.74) is 2.39. The van der Waals surface area contributed by atoms with Gasteiger partial charge in [0.05, 0.1) is 4.90 Å². The molecule has 0 bridgehead atoms. The number of Topliss-reactive ketones (excluding diaryl/α,β-unsaturated/α-hetero) is 1. The van der Waals surface area contributed by atoms with Crippen molar-refractivity contribution in [2.24, 2.45) is 0 Å². The number of hydrazine groups is 1. The number of thioether (sulfide) groups is 1. The second-order valence-electron chi connectivity index (χ2n) is 5.29. The van der Waals surface area contributed by atoms with Gasteiger partial charge in [0.2, 0.25) is 5.91 Å². The number of carbonyl (C=O) groups is 2. The topological polar surface area (TPSA) is 92.3 Å². The van der Waals surface area contributed by atoms with Gasteiger partial charge in [-0.3, -0.25) is 15.0 Å². The maximum atomic E-state index is 12.8. The Kier molecular flexibility index (Phi) is 6.90. The largest absolute Gasteiger partial charge is 0.295 e. The van der Waals surface area contributed by atoms with E-state index in [2.05, 4.69) is 5.43 Å². The Morgan fingerprint density at radius 2 is 1.81 bits per heavy atom. The van der Waals surface area contributed by atoms with Gasteiger partial charge in [-0.05, 0) is 43.3 Å². The normalized spacial score (nSPS) is 11.2. The number of nitrogens with one attached hydrogen (secondary N) is 2. The highest BCUT2D eigenvalue weighted by atomic mass is 32.2. The van der Waals surface area contributed by atoms with Gasteiger partial charge in [-0.1, -0.05) is 12.1 Å². The predicted molar refractivity (Wildman–Crippen MR) is 96.7 cm³/mol.